The standard InChI is InChI=1S/C9H14N2O/c1-2-10-7-5-3-4-6-8-11-9-12/h1,3-8H2. The fourth-order valence-corrected chi connectivity index (χ4v) is 0.860. The first-order chi connectivity index (χ1) is 5.91. The maximum Gasteiger partial charge on any atom is 0.234 e. The first-order valence-corrected chi connectivity index (χ1v) is 4.14. The lowest BCUT2D eigenvalue weighted by atomic mass is 10.2. The van der Waals surface area contributed by atoms with Crippen LogP contribution in [0.1, 0.15) is 25.7 Å². The maximum atomic E-state index is 9.66. The van der Waals surface area contributed by atoms with Crippen molar-refractivity contribution in [2.24, 2.45) is 9.98 Å². The molecule has 0 heterocycles. The molecular weight excluding hydrogens is 152 g/mol. The summed E-state index contributed by atoms with van der Waals surface area (Å²) in [4.78, 5) is 17.0. The molecule has 0 atom stereocenters. The lowest BCUT2D eigenvalue weighted by Crippen LogP contribution is -1.84. The summed E-state index contributed by atoms with van der Waals surface area (Å²) in [7, 11) is 0. The second-order valence-corrected chi connectivity index (χ2v) is 2.43. The topological polar surface area (TPSA) is 41.8 Å². The Hall–Kier alpha value is -1.17. The van der Waals surface area contributed by atoms with Gasteiger partial charge in [-0.15, -0.1) is 0 Å². The van der Waals surface area contributed by atoms with Crippen LogP contribution in [0.4, 0.5) is 0 Å². The molecule has 12 heavy (non-hydrogen) atoms. The molecule has 0 aliphatic rings. The first-order valence-electron chi connectivity index (χ1n) is 4.14. The van der Waals surface area contributed by atoms with Gasteiger partial charge < -0.3 is 0 Å². The van der Waals surface area contributed by atoms with Crippen LogP contribution in [0.25, 0.3) is 0 Å². The van der Waals surface area contributed by atoms with Crippen molar-refractivity contribution >= 4 is 11.9 Å². The van der Waals surface area contributed by atoms with Gasteiger partial charge in [-0.3, -0.25) is 0 Å². The van der Waals surface area contributed by atoms with Crippen molar-refractivity contribution in [3.05, 3.63) is 6.58 Å². The minimum Gasteiger partial charge on any atom is -0.244 e. The average molecular weight is 166 g/mol. The third-order valence-corrected chi connectivity index (χ3v) is 1.47. The quantitative estimate of drug-likeness (QED) is 0.322. The highest BCUT2D eigenvalue weighted by Gasteiger charge is 1.87. The summed E-state index contributed by atoms with van der Waals surface area (Å²) in [6, 6.07) is 0. The highest BCUT2D eigenvalue weighted by molar-refractivity contribution is 5.46. The molecule has 0 rings (SSSR count). The van der Waals surface area contributed by atoms with E-state index in [9.17, 15) is 4.79 Å². The Morgan fingerprint density at radius 3 is 2.08 bits per heavy atom. The zero-order chi connectivity index (χ0) is 9.07. The molecule has 3 heteroatoms. The minimum absolute atomic E-state index is 0.605. The van der Waals surface area contributed by atoms with Crippen molar-refractivity contribution in [2.45, 2.75) is 25.7 Å². The SMILES string of the molecule is C=C=NCCCCCCN=C=O. The molecule has 0 amide bonds. The Morgan fingerprint density at radius 2 is 1.58 bits per heavy atom. The van der Waals surface area contributed by atoms with Crippen LogP contribution in [0.2, 0.25) is 0 Å². The van der Waals surface area contributed by atoms with E-state index in [0.717, 1.165) is 32.2 Å². The molecule has 0 spiro atoms. The molecule has 0 aromatic rings. The smallest absolute Gasteiger partial charge is 0.234 e. The number of unbranched alkanes of at least 4 members (excludes halogenated alkanes) is 3. The molecule has 0 aliphatic carbocycles. The van der Waals surface area contributed by atoms with E-state index in [4.69, 9.17) is 0 Å². The van der Waals surface area contributed by atoms with E-state index in [1.165, 1.54) is 6.08 Å². The second kappa shape index (κ2) is 9.83. The highest BCUT2D eigenvalue weighted by atomic mass is 16.1. The van der Waals surface area contributed by atoms with E-state index in [1.807, 2.05) is 0 Å². The number of hydrogen-bond acceptors (Lipinski definition) is 3. The lowest BCUT2D eigenvalue weighted by Gasteiger charge is -1.94. The third-order valence-electron chi connectivity index (χ3n) is 1.47. The largest absolute Gasteiger partial charge is 0.244 e. The van der Waals surface area contributed by atoms with E-state index in [2.05, 4.69) is 22.4 Å². The molecular formula is C9H14N2O. The molecule has 0 aromatic heterocycles. The number of aliphatic imine (C=N–C) groups is 2. The van der Waals surface area contributed by atoms with Crippen molar-refractivity contribution in [1.82, 2.24) is 0 Å². The van der Waals surface area contributed by atoms with Gasteiger partial charge in [0.25, 0.3) is 0 Å². The summed E-state index contributed by atoms with van der Waals surface area (Å²) >= 11 is 0. The van der Waals surface area contributed by atoms with Crippen LogP contribution in [0, 0.1) is 0 Å². The van der Waals surface area contributed by atoms with E-state index >= 15 is 0 Å². The molecule has 0 saturated heterocycles. The van der Waals surface area contributed by atoms with E-state index in [0.29, 0.717) is 6.54 Å². The van der Waals surface area contributed by atoms with Crippen molar-refractivity contribution in [3.8, 4) is 0 Å². The van der Waals surface area contributed by atoms with Crippen LogP contribution >= 0.6 is 0 Å². The molecule has 0 aliphatic heterocycles. The summed E-state index contributed by atoms with van der Waals surface area (Å²) in [6.45, 7) is 4.78. The number of hydrogen-bond donors (Lipinski definition) is 0. The molecule has 0 saturated carbocycles. The number of nitrogens with zero attached hydrogens (tertiary/aromatic N) is 2. The van der Waals surface area contributed by atoms with Gasteiger partial charge in [0, 0.05) is 6.54 Å². The summed E-state index contributed by atoms with van der Waals surface area (Å²) < 4.78 is 0. The van der Waals surface area contributed by atoms with Crippen LogP contribution in [0.5, 0.6) is 0 Å². The fourth-order valence-electron chi connectivity index (χ4n) is 0.860. The minimum atomic E-state index is 0.605. The Bertz CT molecular complexity index is 167. The van der Waals surface area contributed by atoms with E-state index < -0.39 is 0 Å². The number of carbonyl (C=O) groups excluding carboxylic acids is 1. The summed E-state index contributed by atoms with van der Waals surface area (Å²) in [5.74, 6) is 2.48. The Balaban J connectivity index is 3.00. The van der Waals surface area contributed by atoms with Crippen molar-refractivity contribution in [2.75, 3.05) is 13.1 Å². The Kier molecular flexibility index (Phi) is 8.87. The van der Waals surface area contributed by atoms with Gasteiger partial charge in [-0.25, -0.2) is 14.8 Å². The highest BCUT2D eigenvalue weighted by Crippen LogP contribution is 1.99. The first kappa shape index (κ1) is 10.8. The van der Waals surface area contributed by atoms with Crippen molar-refractivity contribution in [1.29, 1.82) is 0 Å². The van der Waals surface area contributed by atoms with E-state index in [-0.39, 0.29) is 0 Å². The summed E-state index contributed by atoms with van der Waals surface area (Å²) in [5.41, 5.74) is 0. The van der Waals surface area contributed by atoms with Crippen LogP contribution < -0.4 is 0 Å². The van der Waals surface area contributed by atoms with Gasteiger partial charge in [-0.2, -0.15) is 0 Å². The molecule has 0 aromatic carbocycles. The molecule has 0 radical (unpaired) electrons. The van der Waals surface area contributed by atoms with E-state index in [1.54, 1.807) is 0 Å². The predicted octanol–water partition coefficient (Wildman–Crippen LogP) is 1.74. The van der Waals surface area contributed by atoms with Crippen LogP contribution in [-0.2, 0) is 4.79 Å². The molecule has 66 valence electrons. The zero-order valence-electron chi connectivity index (χ0n) is 7.25. The second-order valence-electron chi connectivity index (χ2n) is 2.43. The molecule has 0 fully saturated rings. The molecule has 3 nitrogen and oxygen atoms in total. The zero-order valence-corrected chi connectivity index (χ0v) is 7.25. The van der Waals surface area contributed by atoms with Crippen molar-refractivity contribution < 1.29 is 4.79 Å². The monoisotopic (exact) mass is 166 g/mol. The third kappa shape index (κ3) is 8.83. The van der Waals surface area contributed by atoms with Gasteiger partial charge in [0.1, 0.15) is 0 Å². The maximum absolute atomic E-state index is 9.66. The van der Waals surface area contributed by atoms with Gasteiger partial charge in [-0.05, 0) is 25.3 Å². The summed E-state index contributed by atoms with van der Waals surface area (Å²) in [6.07, 6.45) is 5.76. The summed E-state index contributed by atoms with van der Waals surface area (Å²) in [5, 5.41) is 0. The number of rotatable bonds is 7. The van der Waals surface area contributed by atoms with Crippen LogP contribution in [0.3, 0.4) is 0 Å². The van der Waals surface area contributed by atoms with Crippen molar-refractivity contribution in [3.63, 3.8) is 0 Å². The van der Waals surface area contributed by atoms with Crippen LogP contribution in [-0.4, -0.2) is 25.0 Å². The number of isocyanates is 1. The van der Waals surface area contributed by atoms with Crippen LogP contribution in [0.15, 0.2) is 16.6 Å². The average Bonchev–Trinajstić information content (AvgIpc) is 2.10. The van der Waals surface area contributed by atoms with Gasteiger partial charge in [0.2, 0.25) is 6.08 Å². The van der Waals surface area contributed by atoms with Gasteiger partial charge in [0.05, 0.1) is 6.54 Å². The van der Waals surface area contributed by atoms with Gasteiger partial charge >= 0.3 is 0 Å². The Labute approximate surface area is 72.9 Å². The molecule has 0 unspecified atom stereocenters. The fraction of sp³-hybridized carbons (Fsp3) is 0.667. The van der Waals surface area contributed by atoms with Gasteiger partial charge in [-0.1, -0.05) is 12.8 Å². The lowest BCUT2D eigenvalue weighted by molar-refractivity contribution is 0.561. The predicted molar refractivity (Wildman–Crippen MR) is 49.4 cm³/mol. The Morgan fingerprint density at radius 1 is 1.00 bits per heavy atom. The molecule has 0 bridgehead atoms. The van der Waals surface area contributed by atoms with Gasteiger partial charge in [0.15, 0.2) is 0 Å². The molecule has 0 N–H and O–H groups in total. The normalized spacial score (nSPS) is 8.33.